The molecule has 0 bridgehead atoms. The molecule has 2 aromatic heterocycles. The van der Waals surface area contributed by atoms with Crippen molar-refractivity contribution in [2.75, 3.05) is 5.32 Å². The van der Waals surface area contributed by atoms with Gasteiger partial charge in [0, 0.05) is 17.8 Å². The van der Waals surface area contributed by atoms with Crippen LogP contribution in [0.1, 0.15) is 49.9 Å². The first-order chi connectivity index (χ1) is 14.0. The number of alkyl halides is 3. The summed E-state index contributed by atoms with van der Waals surface area (Å²) in [5.41, 5.74) is 1.01. The first kappa shape index (κ1) is 21.6. The van der Waals surface area contributed by atoms with E-state index in [1.807, 2.05) is 49.6 Å². The molecule has 3 rings (SSSR count). The summed E-state index contributed by atoms with van der Waals surface area (Å²) in [5.74, 6) is 0.835. The number of hydrogen-bond donors (Lipinski definition) is 1. The van der Waals surface area contributed by atoms with Gasteiger partial charge in [0.25, 0.3) is 0 Å². The van der Waals surface area contributed by atoms with Gasteiger partial charge in [-0.1, -0.05) is 29.8 Å². The summed E-state index contributed by atoms with van der Waals surface area (Å²) in [7, 11) is 0. The van der Waals surface area contributed by atoms with E-state index >= 15 is 0 Å². The van der Waals surface area contributed by atoms with Crippen molar-refractivity contribution in [3.05, 3.63) is 53.7 Å². The highest BCUT2D eigenvalue weighted by atomic mass is 19.4. The average Bonchev–Trinajstić information content (AvgIpc) is 3.25. The molecule has 1 unspecified atom stereocenters. The van der Waals surface area contributed by atoms with Gasteiger partial charge in [-0.05, 0) is 34.6 Å². The van der Waals surface area contributed by atoms with Gasteiger partial charge in [0.1, 0.15) is 23.5 Å². The Labute approximate surface area is 172 Å². The van der Waals surface area contributed by atoms with E-state index in [4.69, 9.17) is 0 Å². The van der Waals surface area contributed by atoms with Crippen LogP contribution in [0.2, 0.25) is 0 Å². The van der Waals surface area contributed by atoms with Gasteiger partial charge < -0.3 is 14.5 Å². The molecule has 0 saturated carbocycles. The zero-order valence-electron chi connectivity index (χ0n) is 17.4. The van der Waals surface area contributed by atoms with E-state index in [-0.39, 0.29) is 11.9 Å². The number of rotatable bonds is 5. The minimum atomic E-state index is -4.56. The quantitative estimate of drug-likeness (QED) is 0.621. The molecule has 2 heterocycles. The number of benzene rings is 1. The lowest BCUT2D eigenvalue weighted by atomic mass is 10.1. The topological polar surface area (TPSA) is 64.7 Å². The minimum Gasteiger partial charge on any atom is -0.322 e. The largest absolute Gasteiger partial charge is 0.434 e. The lowest BCUT2D eigenvalue weighted by Gasteiger charge is -2.19. The molecule has 160 valence electrons. The molecule has 6 nitrogen and oxygen atoms in total. The average molecular weight is 419 g/mol. The fourth-order valence-corrected chi connectivity index (χ4v) is 3.26. The molecule has 30 heavy (non-hydrogen) atoms. The normalized spacial score (nSPS) is 13.0. The van der Waals surface area contributed by atoms with Crippen LogP contribution in [0.3, 0.4) is 0 Å². The van der Waals surface area contributed by atoms with E-state index in [2.05, 4.69) is 15.3 Å². The van der Waals surface area contributed by atoms with Crippen LogP contribution in [0.5, 0.6) is 0 Å². The van der Waals surface area contributed by atoms with Crippen LogP contribution in [0, 0.1) is 13.8 Å². The van der Waals surface area contributed by atoms with Crippen LogP contribution in [-0.4, -0.2) is 25.0 Å². The lowest BCUT2D eigenvalue weighted by Crippen LogP contribution is -2.25. The van der Waals surface area contributed by atoms with Gasteiger partial charge in [-0.15, -0.1) is 0 Å². The smallest absolute Gasteiger partial charge is 0.322 e. The summed E-state index contributed by atoms with van der Waals surface area (Å²) < 4.78 is 41.9. The molecular weight excluding hydrogens is 395 g/mol. The van der Waals surface area contributed by atoms with Crippen LogP contribution < -0.4 is 5.32 Å². The third-order valence-corrected chi connectivity index (χ3v) is 4.88. The monoisotopic (exact) mass is 419 g/mol. The van der Waals surface area contributed by atoms with E-state index in [1.165, 1.54) is 18.4 Å². The van der Waals surface area contributed by atoms with Gasteiger partial charge in [-0.3, -0.25) is 4.79 Å². The maximum absolute atomic E-state index is 12.9. The second kappa shape index (κ2) is 7.97. The maximum Gasteiger partial charge on any atom is 0.434 e. The minimum absolute atomic E-state index is 0.00113. The van der Waals surface area contributed by atoms with Gasteiger partial charge in [-0.25, -0.2) is 9.97 Å². The third-order valence-electron chi connectivity index (χ3n) is 4.88. The Bertz CT molecular complexity index is 1050. The first-order valence-electron chi connectivity index (χ1n) is 9.56. The number of carbonyl (C=O) groups excluding carboxylic acids is 1. The number of halogens is 3. The van der Waals surface area contributed by atoms with E-state index in [9.17, 15) is 18.0 Å². The fraction of sp³-hybridized carbons (Fsp3) is 0.381. The molecule has 1 atom stereocenters. The molecule has 9 heteroatoms. The Morgan fingerprint density at radius 3 is 2.27 bits per heavy atom. The summed E-state index contributed by atoms with van der Waals surface area (Å²) in [5, 5.41) is 2.80. The van der Waals surface area contributed by atoms with Crippen LogP contribution in [0.15, 0.2) is 36.7 Å². The molecule has 0 saturated heterocycles. The molecule has 1 aromatic carbocycles. The Morgan fingerprint density at radius 2 is 1.73 bits per heavy atom. The zero-order chi connectivity index (χ0) is 22.2. The number of carbonyl (C=O) groups is 1. The highest BCUT2D eigenvalue weighted by Gasteiger charge is 2.35. The number of nitrogens with one attached hydrogen (secondary N) is 1. The molecule has 0 fully saturated rings. The van der Waals surface area contributed by atoms with E-state index in [0.717, 1.165) is 17.3 Å². The first-order valence-corrected chi connectivity index (χ1v) is 9.56. The van der Waals surface area contributed by atoms with Crippen LogP contribution in [0.25, 0.3) is 11.4 Å². The highest BCUT2D eigenvalue weighted by molar-refractivity contribution is 5.93. The van der Waals surface area contributed by atoms with E-state index in [0.29, 0.717) is 11.6 Å². The number of aromatic nitrogens is 4. The number of nitrogens with zero attached hydrogens (tertiary/aromatic N) is 4. The van der Waals surface area contributed by atoms with Crippen LogP contribution >= 0.6 is 0 Å². The summed E-state index contributed by atoms with van der Waals surface area (Å²) in [6, 6.07) is 6.99. The predicted molar refractivity (Wildman–Crippen MR) is 108 cm³/mol. The molecule has 0 radical (unpaired) electrons. The van der Waals surface area contributed by atoms with Crippen molar-refractivity contribution in [2.45, 2.75) is 52.9 Å². The maximum atomic E-state index is 12.9. The second-order valence-electron chi connectivity index (χ2n) is 7.54. The van der Waals surface area contributed by atoms with Gasteiger partial charge in [-0.2, -0.15) is 13.2 Å². The Balaban J connectivity index is 1.88. The van der Waals surface area contributed by atoms with Crippen molar-refractivity contribution in [2.24, 2.45) is 0 Å². The molecule has 3 aromatic rings. The number of anilines is 1. The molecule has 1 N–H and O–H groups in total. The summed E-state index contributed by atoms with van der Waals surface area (Å²) in [4.78, 5) is 20.8. The number of aryl methyl sites for hydroxylation is 2. The number of amides is 1. The Hall–Kier alpha value is -3.10. The van der Waals surface area contributed by atoms with Crippen LogP contribution in [-0.2, 0) is 11.0 Å². The molecule has 0 aliphatic rings. The van der Waals surface area contributed by atoms with Crippen molar-refractivity contribution < 1.29 is 18.0 Å². The fourth-order valence-electron chi connectivity index (χ4n) is 3.26. The second-order valence-corrected chi connectivity index (χ2v) is 7.54. The SMILES string of the molecule is Cc1ccc(-c2ncc(NC(=O)C(C)n3cc(C(F)(F)F)nc3C)n2C(C)C)cc1. The molecule has 0 aliphatic carbocycles. The molecule has 1 amide bonds. The molecular formula is C21H24F3N5O. The number of imidazole rings is 2. The highest BCUT2D eigenvalue weighted by Crippen LogP contribution is 2.30. The van der Waals surface area contributed by atoms with Gasteiger partial charge >= 0.3 is 6.18 Å². The van der Waals surface area contributed by atoms with Crippen molar-refractivity contribution in [1.82, 2.24) is 19.1 Å². The van der Waals surface area contributed by atoms with Gasteiger partial charge in [0.15, 0.2) is 5.69 Å². The summed E-state index contributed by atoms with van der Waals surface area (Å²) in [6.07, 6.45) is -2.15. The summed E-state index contributed by atoms with van der Waals surface area (Å²) in [6.45, 7) is 8.89. The van der Waals surface area contributed by atoms with E-state index in [1.54, 1.807) is 6.20 Å². The Kier molecular flexibility index (Phi) is 5.74. The lowest BCUT2D eigenvalue weighted by molar-refractivity contribution is -0.141. The van der Waals surface area contributed by atoms with Crippen molar-refractivity contribution in [3.63, 3.8) is 0 Å². The molecule has 0 aliphatic heterocycles. The van der Waals surface area contributed by atoms with E-state index < -0.39 is 23.8 Å². The standard InChI is InChI=1S/C21H24F3N5O/c1-12(2)29-18(10-25-19(29)16-8-6-13(3)7-9-16)27-20(30)14(4)28-11-17(21(22,23)24)26-15(28)5/h6-12,14H,1-5H3,(H,27,30). The van der Waals surface area contributed by atoms with Gasteiger partial charge in [0.2, 0.25) is 5.91 Å². The summed E-state index contributed by atoms with van der Waals surface area (Å²) >= 11 is 0. The Morgan fingerprint density at radius 1 is 1.10 bits per heavy atom. The van der Waals surface area contributed by atoms with Crippen molar-refractivity contribution >= 4 is 11.7 Å². The van der Waals surface area contributed by atoms with Crippen LogP contribution in [0.4, 0.5) is 19.0 Å². The third kappa shape index (κ3) is 4.24. The number of hydrogen-bond acceptors (Lipinski definition) is 3. The molecule has 0 spiro atoms. The zero-order valence-corrected chi connectivity index (χ0v) is 17.4. The van der Waals surface area contributed by atoms with Gasteiger partial charge in [0.05, 0.1) is 6.20 Å². The predicted octanol–water partition coefficient (Wildman–Crippen LogP) is 5.16. The van der Waals surface area contributed by atoms with Crippen molar-refractivity contribution in [1.29, 1.82) is 0 Å². The van der Waals surface area contributed by atoms with Crippen molar-refractivity contribution in [3.8, 4) is 11.4 Å².